The lowest BCUT2D eigenvalue weighted by Gasteiger charge is -2.21. The molecule has 0 radical (unpaired) electrons. The Bertz CT molecular complexity index is 467. The van der Waals surface area contributed by atoms with E-state index in [1.54, 1.807) is 0 Å². The van der Waals surface area contributed by atoms with E-state index in [0.29, 0.717) is 13.2 Å². The van der Waals surface area contributed by atoms with Gasteiger partial charge in [-0.3, -0.25) is 9.59 Å². The zero-order valence-electron chi connectivity index (χ0n) is 9.76. The first kappa shape index (κ1) is 12.7. The van der Waals surface area contributed by atoms with Crippen molar-refractivity contribution in [3.05, 3.63) is 28.2 Å². The maximum Gasteiger partial charge on any atom is 0.277 e. The summed E-state index contributed by atoms with van der Waals surface area (Å²) in [6.07, 6.45) is 2.13. The van der Waals surface area contributed by atoms with Gasteiger partial charge in [0.25, 0.3) is 11.5 Å². The molecule has 2 unspecified atom stereocenters. The van der Waals surface area contributed by atoms with Gasteiger partial charge in [-0.05, 0) is 12.5 Å². The van der Waals surface area contributed by atoms with Crippen LogP contribution in [0.4, 0.5) is 0 Å². The van der Waals surface area contributed by atoms with Crippen LogP contribution in [0.15, 0.2) is 17.1 Å². The fourth-order valence-corrected chi connectivity index (χ4v) is 1.95. The lowest BCUT2D eigenvalue weighted by atomic mass is 9.99. The number of hydrogen-bond acceptors (Lipinski definition) is 5. The van der Waals surface area contributed by atoms with E-state index in [1.807, 2.05) is 0 Å². The topological polar surface area (TPSA) is 104 Å². The van der Waals surface area contributed by atoms with Gasteiger partial charge in [0.15, 0.2) is 0 Å². The van der Waals surface area contributed by atoms with Crippen LogP contribution >= 0.6 is 0 Å². The van der Waals surface area contributed by atoms with Crippen LogP contribution in [0.25, 0.3) is 0 Å². The summed E-state index contributed by atoms with van der Waals surface area (Å²) in [4.78, 5) is 23.3. The minimum atomic E-state index is -0.547. The first-order valence-corrected chi connectivity index (χ1v) is 5.75. The number of ether oxygens (including phenoxy) is 1. The highest BCUT2D eigenvalue weighted by molar-refractivity contribution is 5.93. The van der Waals surface area contributed by atoms with Crippen molar-refractivity contribution in [2.24, 2.45) is 5.92 Å². The van der Waals surface area contributed by atoms with Crippen molar-refractivity contribution < 1.29 is 14.6 Å². The van der Waals surface area contributed by atoms with Gasteiger partial charge in [0.05, 0.1) is 19.3 Å². The Hall–Kier alpha value is -1.73. The van der Waals surface area contributed by atoms with Crippen LogP contribution in [0.1, 0.15) is 16.8 Å². The summed E-state index contributed by atoms with van der Waals surface area (Å²) in [5, 5.41) is 17.6. The molecule has 0 spiro atoms. The molecular formula is C11H15N3O4. The third-order valence-corrected chi connectivity index (χ3v) is 3.02. The number of nitrogens with zero attached hydrogens (tertiary/aromatic N) is 1. The van der Waals surface area contributed by atoms with Crippen LogP contribution in [0, 0.1) is 5.92 Å². The Morgan fingerprint density at radius 1 is 1.72 bits per heavy atom. The van der Waals surface area contributed by atoms with Gasteiger partial charge >= 0.3 is 0 Å². The number of carbonyl (C=O) groups excluding carboxylic acids is 1. The molecule has 3 N–H and O–H groups in total. The Morgan fingerprint density at radius 3 is 3.17 bits per heavy atom. The maximum absolute atomic E-state index is 11.9. The van der Waals surface area contributed by atoms with Crippen LogP contribution in [-0.2, 0) is 4.74 Å². The minimum Gasteiger partial charge on any atom is -0.394 e. The molecule has 0 aliphatic carbocycles. The molecule has 1 aromatic heterocycles. The number of aromatic amines is 1. The fourth-order valence-electron chi connectivity index (χ4n) is 1.95. The van der Waals surface area contributed by atoms with Gasteiger partial charge in [0.1, 0.15) is 5.56 Å². The highest BCUT2D eigenvalue weighted by Crippen LogP contribution is 2.16. The number of aliphatic hydroxyl groups excluding tert-OH is 1. The van der Waals surface area contributed by atoms with E-state index in [9.17, 15) is 14.7 Å². The van der Waals surface area contributed by atoms with E-state index in [2.05, 4.69) is 15.5 Å². The van der Waals surface area contributed by atoms with E-state index < -0.39 is 17.5 Å². The van der Waals surface area contributed by atoms with Crippen molar-refractivity contribution in [3.63, 3.8) is 0 Å². The van der Waals surface area contributed by atoms with E-state index in [4.69, 9.17) is 4.74 Å². The Morgan fingerprint density at radius 2 is 2.56 bits per heavy atom. The summed E-state index contributed by atoms with van der Waals surface area (Å²) in [5.41, 5.74) is -0.559. The molecule has 1 aliphatic rings. The maximum atomic E-state index is 11.9. The van der Waals surface area contributed by atoms with E-state index >= 15 is 0 Å². The number of nitrogens with one attached hydrogen (secondary N) is 2. The molecule has 2 atom stereocenters. The van der Waals surface area contributed by atoms with Gasteiger partial charge in [-0.25, -0.2) is 5.10 Å². The van der Waals surface area contributed by atoms with Crippen molar-refractivity contribution in [3.8, 4) is 0 Å². The minimum absolute atomic E-state index is 0.0117. The summed E-state index contributed by atoms with van der Waals surface area (Å²) in [6.45, 7) is 0.966. The third kappa shape index (κ3) is 2.74. The molecule has 1 saturated heterocycles. The Kier molecular flexibility index (Phi) is 4.06. The molecule has 0 saturated carbocycles. The lowest BCUT2D eigenvalue weighted by Crippen LogP contribution is -2.44. The molecular weight excluding hydrogens is 238 g/mol. The molecule has 0 bridgehead atoms. The molecule has 1 amide bonds. The van der Waals surface area contributed by atoms with Crippen molar-refractivity contribution in [2.75, 3.05) is 19.8 Å². The molecule has 7 heteroatoms. The number of rotatable bonds is 4. The second-order valence-electron chi connectivity index (χ2n) is 4.19. The summed E-state index contributed by atoms with van der Waals surface area (Å²) in [7, 11) is 0. The molecule has 0 aromatic carbocycles. The highest BCUT2D eigenvalue weighted by atomic mass is 16.5. The number of amides is 1. The summed E-state index contributed by atoms with van der Waals surface area (Å²) < 4.78 is 5.21. The van der Waals surface area contributed by atoms with E-state index in [-0.39, 0.29) is 18.1 Å². The van der Waals surface area contributed by atoms with Crippen LogP contribution in [-0.4, -0.2) is 47.1 Å². The fraction of sp³-hybridized carbons (Fsp3) is 0.545. The number of hydrogen-bond donors (Lipinski definition) is 3. The van der Waals surface area contributed by atoms with Crippen molar-refractivity contribution >= 4 is 5.91 Å². The van der Waals surface area contributed by atoms with Crippen molar-refractivity contribution in [1.29, 1.82) is 0 Å². The van der Waals surface area contributed by atoms with Crippen LogP contribution < -0.4 is 10.9 Å². The Labute approximate surface area is 103 Å². The van der Waals surface area contributed by atoms with Gasteiger partial charge in [0.2, 0.25) is 0 Å². The summed E-state index contributed by atoms with van der Waals surface area (Å²) in [5.74, 6) is -0.426. The molecule has 1 fully saturated rings. The molecule has 2 rings (SSSR count). The number of carbonyl (C=O) groups is 1. The quantitative estimate of drug-likeness (QED) is 0.631. The number of H-pyrrole nitrogens is 1. The predicted octanol–water partition coefficient (Wildman–Crippen LogP) is -1.10. The smallest absolute Gasteiger partial charge is 0.277 e. The molecule has 7 nitrogen and oxygen atoms in total. The summed E-state index contributed by atoms with van der Waals surface area (Å²) >= 11 is 0. The molecule has 2 heterocycles. The average Bonchev–Trinajstić information content (AvgIpc) is 2.90. The third-order valence-electron chi connectivity index (χ3n) is 3.02. The first-order valence-electron chi connectivity index (χ1n) is 5.75. The van der Waals surface area contributed by atoms with Gasteiger partial charge in [-0.2, -0.15) is 5.10 Å². The van der Waals surface area contributed by atoms with Gasteiger partial charge in [-0.1, -0.05) is 0 Å². The number of aromatic nitrogens is 2. The van der Waals surface area contributed by atoms with E-state index in [0.717, 1.165) is 6.42 Å². The van der Waals surface area contributed by atoms with Crippen LogP contribution in [0.2, 0.25) is 0 Å². The largest absolute Gasteiger partial charge is 0.394 e. The average molecular weight is 253 g/mol. The second-order valence-corrected chi connectivity index (χ2v) is 4.19. The second kappa shape index (κ2) is 5.74. The first-order chi connectivity index (χ1) is 8.72. The molecule has 98 valence electrons. The monoisotopic (exact) mass is 253 g/mol. The van der Waals surface area contributed by atoms with E-state index in [1.165, 1.54) is 12.3 Å². The zero-order valence-corrected chi connectivity index (χ0v) is 9.76. The zero-order chi connectivity index (χ0) is 13.0. The van der Waals surface area contributed by atoms with Crippen molar-refractivity contribution in [2.45, 2.75) is 12.5 Å². The SMILES string of the molecule is O=C(NC(CO)C1CCOC1)c1ccn[nH]c1=O. The van der Waals surface area contributed by atoms with Gasteiger partial charge in [-0.15, -0.1) is 0 Å². The lowest BCUT2D eigenvalue weighted by molar-refractivity contribution is 0.0876. The molecule has 18 heavy (non-hydrogen) atoms. The Balaban J connectivity index is 2.05. The summed E-state index contributed by atoms with van der Waals surface area (Å²) in [6, 6.07) is 0.945. The normalized spacial score (nSPS) is 20.6. The standard InChI is InChI=1S/C11H15N3O4/c15-5-9(7-2-4-18-6-7)13-10(16)8-1-3-12-14-11(8)17/h1,3,7,9,15H,2,4-6H2,(H,13,16)(H,14,17). The van der Waals surface area contributed by atoms with Crippen LogP contribution in [0.5, 0.6) is 0 Å². The molecule has 1 aliphatic heterocycles. The predicted molar refractivity (Wildman–Crippen MR) is 62.1 cm³/mol. The van der Waals surface area contributed by atoms with Gasteiger partial charge in [0, 0.05) is 18.7 Å². The number of aliphatic hydroxyl groups is 1. The molecule has 1 aromatic rings. The van der Waals surface area contributed by atoms with Crippen LogP contribution in [0.3, 0.4) is 0 Å². The highest BCUT2D eigenvalue weighted by Gasteiger charge is 2.27. The van der Waals surface area contributed by atoms with Crippen molar-refractivity contribution in [1.82, 2.24) is 15.5 Å². The van der Waals surface area contributed by atoms with Gasteiger partial charge < -0.3 is 15.2 Å².